The first-order chi connectivity index (χ1) is 15.0. The standard InChI is InChI=1S/C22H21FN6O2/c1-3-18(19-8-13(9-26-19)21(30)24-2)28-22(31)17-10-25-12-20-16(17)11-27-29(20)15-6-4-14(23)5-7-15/h4-12,18,26H,3H2,1-2H3,(H,24,30)(H,28,31). The number of hydrogen-bond acceptors (Lipinski definition) is 4. The van der Waals surface area contributed by atoms with Crippen LogP contribution in [0.25, 0.3) is 16.6 Å². The van der Waals surface area contributed by atoms with Crippen LogP contribution in [-0.4, -0.2) is 38.6 Å². The molecule has 4 rings (SSSR count). The van der Waals surface area contributed by atoms with Crippen LogP contribution in [0, 0.1) is 5.82 Å². The summed E-state index contributed by atoms with van der Waals surface area (Å²) in [6.45, 7) is 1.94. The maximum Gasteiger partial charge on any atom is 0.254 e. The lowest BCUT2D eigenvalue weighted by Gasteiger charge is -2.16. The van der Waals surface area contributed by atoms with E-state index in [-0.39, 0.29) is 23.7 Å². The number of nitrogens with zero attached hydrogens (tertiary/aromatic N) is 3. The van der Waals surface area contributed by atoms with Gasteiger partial charge in [0.1, 0.15) is 5.82 Å². The van der Waals surface area contributed by atoms with Gasteiger partial charge in [-0.25, -0.2) is 9.07 Å². The number of H-pyrrole nitrogens is 1. The van der Waals surface area contributed by atoms with Crippen LogP contribution >= 0.6 is 0 Å². The van der Waals surface area contributed by atoms with E-state index in [0.29, 0.717) is 34.1 Å². The fourth-order valence-corrected chi connectivity index (χ4v) is 3.43. The van der Waals surface area contributed by atoms with Crippen LogP contribution in [0.1, 0.15) is 45.8 Å². The summed E-state index contributed by atoms with van der Waals surface area (Å²) in [5.74, 6) is -0.849. The Hall–Kier alpha value is -4.01. The minimum absolute atomic E-state index is 0.203. The molecule has 158 valence electrons. The molecule has 1 atom stereocenters. The summed E-state index contributed by atoms with van der Waals surface area (Å²) >= 11 is 0. The number of fused-ring (bicyclic) bond motifs is 1. The number of hydrogen-bond donors (Lipinski definition) is 3. The van der Waals surface area contributed by atoms with Crippen molar-refractivity contribution in [1.82, 2.24) is 30.4 Å². The summed E-state index contributed by atoms with van der Waals surface area (Å²) in [5, 5.41) is 10.5. The molecule has 1 aromatic carbocycles. The van der Waals surface area contributed by atoms with E-state index in [0.717, 1.165) is 5.69 Å². The molecule has 1 unspecified atom stereocenters. The molecule has 0 saturated carbocycles. The summed E-state index contributed by atoms with van der Waals surface area (Å²) in [6.07, 6.45) is 6.93. The molecule has 0 aliphatic carbocycles. The Labute approximate surface area is 177 Å². The molecule has 31 heavy (non-hydrogen) atoms. The highest BCUT2D eigenvalue weighted by atomic mass is 19.1. The molecule has 3 N–H and O–H groups in total. The van der Waals surface area contributed by atoms with Crippen LogP contribution < -0.4 is 10.6 Å². The van der Waals surface area contributed by atoms with Gasteiger partial charge in [0, 0.05) is 30.5 Å². The zero-order valence-electron chi connectivity index (χ0n) is 17.0. The number of halogens is 1. The van der Waals surface area contributed by atoms with Crippen molar-refractivity contribution in [3.05, 3.63) is 77.8 Å². The van der Waals surface area contributed by atoms with Gasteiger partial charge in [-0.1, -0.05) is 6.92 Å². The van der Waals surface area contributed by atoms with E-state index >= 15 is 0 Å². The number of benzene rings is 1. The molecule has 9 heteroatoms. The predicted octanol–water partition coefficient (Wildman–Crippen LogP) is 3.13. The lowest BCUT2D eigenvalue weighted by molar-refractivity contribution is 0.0934. The number of rotatable bonds is 6. The van der Waals surface area contributed by atoms with Crippen molar-refractivity contribution in [3.63, 3.8) is 0 Å². The first-order valence-electron chi connectivity index (χ1n) is 9.80. The molecular weight excluding hydrogens is 399 g/mol. The lowest BCUT2D eigenvalue weighted by atomic mass is 10.1. The van der Waals surface area contributed by atoms with Crippen molar-refractivity contribution >= 4 is 22.7 Å². The van der Waals surface area contributed by atoms with Gasteiger partial charge >= 0.3 is 0 Å². The number of pyridine rings is 1. The number of aromatic nitrogens is 4. The number of aromatic amines is 1. The Morgan fingerprint density at radius 1 is 1.16 bits per heavy atom. The van der Waals surface area contributed by atoms with E-state index in [1.807, 2.05) is 6.92 Å². The number of nitrogens with one attached hydrogen (secondary N) is 3. The average molecular weight is 420 g/mol. The van der Waals surface area contributed by atoms with Crippen LogP contribution in [0.3, 0.4) is 0 Å². The summed E-state index contributed by atoms with van der Waals surface area (Å²) < 4.78 is 14.9. The molecular formula is C22H21FN6O2. The molecule has 0 spiro atoms. The zero-order valence-corrected chi connectivity index (χ0v) is 17.0. The second-order valence-corrected chi connectivity index (χ2v) is 7.01. The first-order valence-corrected chi connectivity index (χ1v) is 9.80. The minimum atomic E-state index is -0.340. The second kappa shape index (κ2) is 8.39. The van der Waals surface area contributed by atoms with Gasteiger partial charge in [-0.05, 0) is 36.8 Å². The van der Waals surface area contributed by atoms with Gasteiger partial charge in [-0.2, -0.15) is 5.10 Å². The monoisotopic (exact) mass is 420 g/mol. The molecule has 0 aliphatic rings. The van der Waals surface area contributed by atoms with E-state index in [1.54, 1.807) is 48.5 Å². The SMILES string of the molecule is CCC(NC(=O)c1cncc2c1cnn2-c1ccc(F)cc1)c1cc(C(=O)NC)c[nH]1. The quantitative estimate of drug-likeness (QED) is 0.446. The van der Waals surface area contributed by atoms with E-state index in [1.165, 1.54) is 18.3 Å². The van der Waals surface area contributed by atoms with Crippen molar-refractivity contribution in [2.45, 2.75) is 19.4 Å². The van der Waals surface area contributed by atoms with Crippen LogP contribution in [0.15, 0.2) is 55.1 Å². The van der Waals surface area contributed by atoms with Gasteiger partial charge in [0.25, 0.3) is 11.8 Å². The third-order valence-electron chi connectivity index (χ3n) is 5.10. The average Bonchev–Trinajstić information content (AvgIpc) is 3.45. The van der Waals surface area contributed by atoms with E-state index in [4.69, 9.17) is 0 Å². The van der Waals surface area contributed by atoms with Crippen molar-refractivity contribution in [2.75, 3.05) is 7.05 Å². The van der Waals surface area contributed by atoms with Gasteiger partial charge in [0.15, 0.2) is 0 Å². The van der Waals surface area contributed by atoms with Gasteiger partial charge < -0.3 is 15.6 Å². The topological polar surface area (TPSA) is 105 Å². The molecule has 0 bridgehead atoms. The molecule has 3 heterocycles. The highest BCUT2D eigenvalue weighted by molar-refractivity contribution is 6.06. The number of carbonyl (C=O) groups is 2. The Bertz CT molecular complexity index is 1240. The first kappa shape index (κ1) is 20.3. The summed E-state index contributed by atoms with van der Waals surface area (Å²) in [6, 6.07) is 7.32. The summed E-state index contributed by atoms with van der Waals surface area (Å²) in [7, 11) is 1.56. The van der Waals surface area contributed by atoms with Crippen molar-refractivity contribution in [3.8, 4) is 5.69 Å². The number of carbonyl (C=O) groups excluding carboxylic acids is 2. The lowest BCUT2D eigenvalue weighted by Crippen LogP contribution is -2.28. The Morgan fingerprint density at radius 2 is 1.94 bits per heavy atom. The fraction of sp³-hybridized carbons (Fsp3) is 0.182. The van der Waals surface area contributed by atoms with Crippen LogP contribution in [-0.2, 0) is 0 Å². The van der Waals surface area contributed by atoms with Crippen molar-refractivity contribution in [1.29, 1.82) is 0 Å². The zero-order chi connectivity index (χ0) is 22.0. The molecule has 0 saturated heterocycles. The second-order valence-electron chi connectivity index (χ2n) is 7.01. The van der Waals surface area contributed by atoms with E-state index in [2.05, 4.69) is 25.7 Å². The maximum absolute atomic E-state index is 13.3. The maximum atomic E-state index is 13.3. The highest BCUT2D eigenvalue weighted by Crippen LogP contribution is 2.23. The Morgan fingerprint density at radius 3 is 2.65 bits per heavy atom. The van der Waals surface area contributed by atoms with Crippen molar-refractivity contribution in [2.24, 2.45) is 0 Å². The predicted molar refractivity (Wildman–Crippen MR) is 114 cm³/mol. The van der Waals surface area contributed by atoms with E-state index in [9.17, 15) is 14.0 Å². The third-order valence-corrected chi connectivity index (χ3v) is 5.10. The van der Waals surface area contributed by atoms with Gasteiger partial charge in [-0.3, -0.25) is 14.6 Å². The minimum Gasteiger partial charge on any atom is -0.363 e. The normalized spacial score (nSPS) is 12.0. The molecule has 0 radical (unpaired) electrons. The molecule has 8 nitrogen and oxygen atoms in total. The Balaban J connectivity index is 1.62. The number of amides is 2. The molecule has 4 aromatic rings. The van der Waals surface area contributed by atoms with Gasteiger partial charge in [0.05, 0.1) is 40.8 Å². The van der Waals surface area contributed by atoms with Crippen LogP contribution in [0.5, 0.6) is 0 Å². The largest absolute Gasteiger partial charge is 0.363 e. The molecule has 0 aliphatic heterocycles. The molecule has 3 aromatic heterocycles. The Kier molecular flexibility index (Phi) is 5.48. The fourth-order valence-electron chi connectivity index (χ4n) is 3.43. The summed E-state index contributed by atoms with van der Waals surface area (Å²) in [4.78, 5) is 32.1. The van der Waals surface area contributed by atoms with Crippen LogP contribution in [0.4, 0.5) is 4.39 Å². The van der Waals surface area contributed by atoms with E-state index < -0.39 is 0 Å². The molecule has 0 fully saturated rings. The van der Waals surface area contributed by atoms with Gasteiger partial charge in [0.2, 0.25) is 0 Å². The smallest absolute Gasteiger partial charge is 0.254 e. The summed E-state index contributed by atoms with van der Waals surface area (Å²) in [5.41, 5.74) is 2.90. The van der Waals surface area contributed by atoms with Crippen LogP contribution in [0.2, 0.25) is 0 Å². The third kappa shape index (κ3) is 3.89. The van der Waals surface area contributed by atoms with Crippen molar-refractivity contribution < 1.29 is 14.0 Å². The highest BCUT2D eigenvalue weighted by Gasteiger charge is 2.20. The molecule has 2 amide bonds. The van der Waals surface area contributed by atoms with Gasteiger partial charge in [-0.15, -0.1) is 0 Å².